The Kier molecular flexibility index (Phi) is 4.37. The Hall–Kier alpha value is -1.10. The lowest BCUT2D eigenvalue weighted by Crippen LogP contribution is -2.58. The van der Waals surface area contributed by atoms with Crippen molar-refractivity contribution in [3.8, 4) is 0 Å². The molecule has 0 heterocycles. The normalized spacial score (nSPS) is 28.8. The molecule has 0 bridgehead atoms. The maximum Gasteiger partial charge on any atom is 0.329 e. The summed E-state index contributed by atoms with van der Waals surface area (Å²) in [6, 6.07) is 0. The van der Waals surface area contributed by atoms with E-state index in [9.17, 15) is 14.7 Å². The SMILES string of the molecule is CC1CCCC(NC(=O)CC(C)(C)N)(C(=O)O)C1. The van der Waals surface area contributed by atoms with Gasteiger partial charge in [-0.1, -0.05) is 19.8 Å². The zero-order chi connectivity index (χ0) is 14.0. The number of carboxylic acids is 1. The van der Waals surface area contributed by atoms with Crippen LogP contribution in [0.1, 0.15) is 52.9 Å². The lowest BCUT2D eigenvalue weighted by Gasteiger charge is -2.37. The van der Waals surface area contributed by atoms with Crippen LogP contribution in [-0.2, 0) is 9.59 Å². The second kappa shape index (κ2) is 5.26. The third-order valence-electron chi connectivity index (χ3n) is 3.40. The monoisotopic (exact) mass is 256 g/mol. The quantitative estimate of drug-likeness (QED) is 0.706. The molecular weight excluding hydrogens is 232 g/mol. The summed E-state index contributed by atoms with van der Waals surface area (Å²) in [7, 11) is 0. The van der Waals surface area contributed by atoms with Gasteiger partial charge in [0.2, 0.25) is 5.91 Å². The van der Waals surface area contributed by atoms with Gasteiger partial charge in [0.15, 0.2) is 0 Å². The van der Waals surface area contributed by atoms with Crippen LogP contribution < -0.4 is 11.1 Å². The van der Waals surface area contributed by atoms with Crippen molar-refractivity contribution < 1.29 is 14.7 Å². The molecule has 2 atom stereocenters. The van der Waals surface area contributed by atoms with Crippen molar-refractivity contribution in [1.29, 1.82) is 0 Å². The smallest absolute Gasteiger partial charge is 0.329 e. The summed E-state index contributed by atoms with van der Waals surface area (Å²) in [5, 5.41) is 12.1. The Morgan fingerprint density at radius 1 is 1.50 bits per heavy atom. The van der Waals surface area contributed by atoms with Gasteiger partial charge >= 0.3 is 5.97 Å². The van der Waals surface area contributed by atoms with E-state index in [1.807, 2.05) is 6.92 Å². The molecule has 0 aromatic rings. The highest BCUT2D eigenvalue weighted by Gasteiger charge is 2.43. The first kappa shape index (κ1) is 15.0. The van der Waals surface area contributed by atoms with Gasteiger partial charge < -0.3 is 16.2 Å². The second-order valence-electron chi connectivity index (χ2n) is 6.30. The predicted molar refractivity (Wildman–Crippen MR) is 69.0 cm³/mol. The van der Waals surface area contributed by atoms with Gasteiger partial charge in [-0.25, -0.2) is 4.79 Å². The Morgan fingerprint density at radius 3 is 2.56 bits per heavy atom. The van der Waals surface area contributed by atoms with Gasteiger partial charge in [0.25, 0.3) is 0 Å². The van der Waals surface area contributed by atoms with Crippen LogP contribution >= 0.6 is 0 Å². The van der Waals surface area contributed by atoms with Gasteiger partial charge in [-0.2, -0.15) is 0 Å². The number of nitrogens with two attached hydrogens (primary N) is 1. The highest BCUT2D eigenvalue weighted by Crippen LogP contribution is 2.32. The number of hydrogen-bond donors (Lipinski definition) is 3. The first-order chi connectivity index (χ1) is 8.15. The number of amides is 1. The predicted octanol–water partition coefficient (Wildman–Crippen LogP) is 1.26. The summed E-state index contributed by atoms with van der Waals surface area (Å²) in [5.41, 5.74) is 4.06. The molecule has 0 radical (unpaired) electrons. The Morgan fingerprint density at radius 2 is 2.11 bits per heavy atom. The molecule has 0 saturated heterocycles. The van der Waals surface area contributed by atoms with Gasteiger partial charge in [-0.15, -0.1) is 0 Å². The Labute approximate surface area is 108 Å². The van der Waals surface area contributed by atoms with E-state index in [4.69, 9.17) is 5.73 Å². The van der Waals surface area contributed by atoms with Crippen LogP contribution in [0.15, 0.2) is 0 Å². The van der Waals surface area contributed by atoms with Gasteiger partial charge in [0.1, 0.15) is 5.54 Å². The minimum absolute atomic E-state index is 0.135. The van der Waals surface area contributed by atoms with Crippen molar-refractivity contribution in [2.24, 2.45) is 11.7 Å². The Bertz CT molecular complexity index is 336. The first-order valence-corrected chi connectivity index (χ1v) is 6.48. The van der Waals surface area contributed by atoms with E-state index in [0.717, 1.165) is 12.8 Å². The number of nitrogens with one attached hydrogen (secondary N) is 1. The van der Waals surface area contributed by atoms with E-state index in [1.165, 1.54) is 0 Å². The van der Waals surface area contributed by atoms with Gasteiger partial charge in [0.05, 0.1) is 0 Å². The number of rotatable bonds is 4. The largest absolute Gasteiger partial charge is 0.480 e. The molecule has 1 rings (SSSR count). The average Bonchev–Trinajstić information content (AvgIpc) is 2.13. The lowest BCUT2D eigenvalue weighted by atomic mass is 9.76. The molecule has 1 fully saturated rings. The van der Waals surface area contributed by atoms with Crippen LogP contribution in [0.4, 0.5) is 0 Å². The summed E-state index contributed by atoms with van der Waals surface area (Å²) in [6.45, 7) is 5.53. The van der Waals surface area contributed by atoms with Gasteiger partial charge in [-0.05, 0) is 32.6 Å². The van der Waals surface area contributed by atoms with E-state index in [2.05, 4.69) is 5.32 Å². The van der Waals surface area contributed by atoms with Gasteiger partial charge in [-0.3, -0.25) is 4.79 Å². The molecule has 0 spiro atoms. The molecule has 0 aliphatic heterocycles. The van der Waals surface area contributed by atoms with Crippen LogP contribution in [0.5, 0.6) is 0 Å². The molecule has 5 heteroatoms. The van der Waals surface area contributed by atoms with Crippen molar-refractivity contribution in [3.05, 3.63) is 0 Å². The van der Waals surface area contributed by atoms with Crippen LogP contribution in [0.3, 0.4) is 0 Å². The summed E-state index contributed by atoms with van der Waals surface area (Å²) in [5.74, 6) is -0.891. The third kappa shape index (κ3) is 3.98. The molecule has 1 saturated carbocycles. The number of carboxylic acid groups (broad SMARTS) is 1. The lowest BCUT2D eigenvalue weighted by molar-refractivity contribution is -0.150. The highest BCUT2D eigenvalue weighted by atomic mass is 16.4. The zero-order valence-corrected chi connectivity index (χ0v) is 11.5. The fraction of sp³-hybridized carbons (Fsp3) is 0.846. The van der Waals surface area contributed by atoms with Crippen molar-refractivity contribution in [1.82, 2.24) is 5.32 Å². The summed E-state index contributed by atoms with van der Waals surface area (Å²) in [6.07, 6.45) is 2.99. The van der Waals surface area contributed by atoms with Crippen molar-refractivity contribution >= 4 is 11.9 Å². The molecule has 0 aromatic heterocycles. The van der Waals surface area contributed by atoms with E-state index in [-0.39, 0.29) is 12.3 Å². The molecule has 0 aromatic carbocycles. The molecule has 1 aliphatic rings. The minimum Gasteiger partial charge on any atom is -0.480 e. The number of hydrogen-bond acceptors (Lipinski definition) is 3. The summed E-state index contributed by atoms with van der Waals surface area (Å²) >= 11 is 0. The van der Waals surface area contributed by atoms with E-state index in [0.29, 0.717) is 18.8 Å². The van der Waals surface area contributed by atoms with Crippen LogP contribution in [0.2, 0.25) is 0 Å². The molecule has 18 heavy (non-hydrogen) atoms. The van der Waals surface area contributed by atoms with Crippen molar-refractivity contribution in [2.75, 3.05) is 0 Å². The van der Waals surface area contributed by atoms with E-state index < -0.39 is 17.0 Å². The minimum atomic E-state index is -1.10. The number of carbonyl (C=O) groups is 2. The maximum atomic E-state index is 11.9. The van der Waals surface area contributed by atoms with E-state index in [1.54, 1.807) is 13.8 Å². The molecule has 4 N–H and O–H groups in total. The summed E-state index contributed by atoms with van der Waals surface area (Å²) < 4.78 is 0. The van der Waals surface area contributed by atoms with E-state index >= 15 is 0 Å². The van der Waals surface area contributed by atoms with Crippen molar-refractivity contribution in [3.63, 3.8) is 0 Å². The standard InChI is InChI=1S/C13H24N2O3/c1-9-5-4-6-13(7-9,11(17)18)15-10(16)8-12(2,3)14/h9H,4-8,14H2,1-3H3,(H,15,16)(H,17,18). The third-order valence-corrected chi connectivity index (χ3v) is 3.40. The molecule has 1 aliphatic carbocycles. The Balaban J connectivity index is 2.74. The fourth-order valence-electron chi connectivity index (χ4n) is 2.64. The zero-order valence-electron chi connectivity index (χ0n) is 11.5. The maximum absolute atomic E-state index is 11.9. The number of carbonyl (C=O) groups excluding carboxylic acids is 1. The van der Waals surface area contributed by atoms with Gasteiger partial charge in [0, 0.05) is 12.0 Å². The fourth-order valence-corrected chi connectivity index (χ4v) is 2.64. The van der Waals surface area contributed by atoms with Crippen LogP contribution in [0, 0.1) is 5.92 Å². The average molecular weight is 256 g/mol. The highest BCUT2D eigenvalue weighted by molar-refractivity contribution is 5.87. The second-order valence-corrected chi connectivity index (χ2v) is 6.30. The molecule has 1 amide bonds. The molecule has 104 valence electrons. The number of aliphatic carboxylic acids is 1. The molecule has 5 nitrogen and oxygen atoms in total. The van der Waals surface area contributed by atoms with Crippen LogP contribution in [-0.4, -0.2) is 28.1 Å². The molecular formula is C13H24N2O3. The molecule has 2 unspecified atom stereocenters. The first-order valence-electron chi connectivity index (χ1n) is 6.48. The van der Waals surface area contributed by atoms with Crippen molar-refractivity contribution in [2.45, 2.75) is 64.0 Å². The topological polar surface area (TPSA) is 92.4 Å². The van der Waals surface area contributed by atoms with Crippen LogP contribution in [0.25, 0.3) is 0 Å². The summed E-state index contributed by atoms with van der Waals surface area (Å²) in [4.78, 5) is 23.4.